The zero-order valence-electron chi connectivity index (χ0n) is 13.6. The second-order valence-electron chi connectivity index (χ2n) is 7.14. The van der Waals surface area contributed by atoms with Crippen LogP contribution in [0.1, 0.15) is 38.0 Å². The summed E-state index contributed by atoms with van der Waals surface area (Å²) in [4.78, 5) is 19.0. The molecule has 1 saturated heterocycles. The van der Waals surface area contributed by atoms with Gasteiger partial charge >= 0.3 is 0 Å². The molecule has 1 amide bonds. The van der Waals surface area contributed by atoms with Gasteiger partial charge in [-0.3, -0.25) is 9.78 Å². The first kappa shape index (κ1) is 15.7. The van der Waals surface area contributed by atoms with Crippen LogP contribution in [0.25, 0.3) is 10.9 Å². The lowest BCUT2D eigenvalue weighted by molar-refractivity contribution is -0.0366. The Kier molecular flexibility index (Phi) is 3.66. The minimum absolute atomic E-state index is 0. The van der Waals surface area contributed by atoms with E-state index in [1.54, 1.807) is 13.1 Å². The Morgan fingerprint density at radius 2 is 2.17 bits per heavy atom. The topological polar surface area (TPSA) is 65.5 Å². The summed E-state index contributed by atoms with van der Waals surface area (Å²) in [7, 11) is 0. The van der Waals surface area contributed by atoms with E-state index in [0.29, 0.717) is 23.4 Å². The number of rotatable bonds is 3. The van der Waals surface area contributed by atoms with Crippen LogP contribution in [0.4, 0.5) is 5.69 Å². The number of carbonyl (C=O) groups excluding carboxylic acids is 1. The van der Waals surface area contributed by atoms with Gasteiger partial charge in [0.2, 0.25) is 0 Å². The number of amides is 1. The number of pyridine rings is 1. The molecule has 2 aromatic rings. The molecule has 4 rings (SSSR count). The second-order valence-corrected chi connectivity index (χ2v) is 7.54. The number of fused-ring (bicyclic) bond motifs is 1. The van der Waals surface area contributed by atoms with Crippen LogP contribution in [-0.2, 0) is 0 Å². The van der Waals surface area contributed by atoms with Crippen LogP contribution in [0.5, 0.6) is 0 Å². The highest BCUT2D eigenvalue weighted by atomic mass is 35.5. The maximum atomic E-state index is 12.3. The molecule has 0 unspecified atom stereocenters. The van der Waals surface area contributed by atoms with Gasteiger partial charge in [0.05, 0.1) is 27.4 Å². The number of hydrogen-bond donors (Lipinski definition) is 2. The molecule has 24 heavy (non-hydrogen) atoms. The second kappa shape index (κ2) is 5.60. The summed E-state index contributed by atoms with van der Waals surface area (Å²) in [6.07, 6.45) is 3.97. The number of hydrogen-bond acceptors (Lipinski definition) is 4. The highest BCUT2D eigenvalue weighted by Gasteiger charge is 2.39. The lowest BCUT2D eigenvalue weighted by atomic mass is 9.77. The Labute approximate surface area is 147 Å². The molecular weight excluding hydrogens is 326 g/mol. The summed E-state index contributed by atoms with van der Waals surface area (Å²) in [5, 5.41) is 14.2. The first-order chi connectivity index (χ1) is 11.4. The van der Waals surface area contributed by atoms with Crippen molar-refractivity contribution in [2.45, 2.75) is 37.8 Å². The molecule has 2 fully saturated rings. The average molecular weight is 348 g/mol. The van der Waals surface area contributed by atoms with Gasteiger partial charge in [-0.05, 0) is 44.4 Å². The minimum Gasteiger partial charge on any atom is -0.390 e. The highest BCUT2D eigenvalue weighted by molar-refractivity contribution is 6.34. The fourth-order valence-corrected chi connectivity index (χ4v) is 3.73. The van der Waals surface area contributed by atoms with Crippen LogP contribution < -0.4 is 10.2 Å². The van der Waals surface area contributed by atoms with Crippen molar-refractivity contribution in [2.75, 3.05) is 18.0 Å². The monoisotopic (exact) mass is 347 g/mol. The first-order valence-corrected chi connectivity index (χ1v) is 8.67. The molecule has 0 radical (unpaired) electrons. The van der Waals surface area contributed by atoms with Crippen LogP contribution in [0.3, 0.4) is 0 Å². The number of halogens is 1. The molecule has 0 spiro atoms. The number of nitrogens with zero attached hydrogens (tertiary/aromatic N) is 2. The van der Waals surface area contributed by atoms with Gasteiger partial charge in [0.1, 0.15) is 0 Å². The third kappa shape index (κ3) is 2.82. The maximum absolute atomic E-state index is 12.3. The molecule has 0 bridgehead atoms. The lowest BCUT2D eigenvalue weighted by Gasteiger charge is -2.41. The Bertz CT molecular complexity index is 815. The van der Waals surface area contributed by atoms with Gasteiger partial charge in [-0.15, -0.1) is 0 Å². The van der Waals surface area contributed by atoms with Crippen LogP contribution in [0, 0.1) is 0 Å². The molecule has 2 aliphatic rings. The molecular formula is C18H22ClN3O2. The smallest absolute Gasteiger partial charge is 0.253 e. The van der Waals surface area contributed by atoms with E-state index in [9.17, 15) is 9.90 Å². The zero-order valence-corrected chi connectivity index (χ0v) is 14.3. The molecule has 0 atom stereocenters. The van der Waals surface area contributed by atoms with E-state index in [1.165, 1.54) is 6.42 Å². The van der Waals surface area contributed by atoms with Gasteiger partial charge in [0, 0.05) is 32.1 Å². The highest BCUT2D eigenvalue weighted by Crippen LogP contribution is 2.34. The molecule has 1 aliphatic carbocycles. The summed E-state index contributed by atoms with van der Waals surface area (Å²) in [5.74, 6) is -0.159. The molecule has 1 aromatic carbocycles. The normalized spacial score (nSPS) is 26.0. The van der Waals surface area contributed by atoms with Gasteiger partial charge in [-0.25, -0.2) is 0 Å². The molecule has 128 valence electrons. The molecule has 2 heterocycles. The van der Waals surface area contributed by atoms with Crippen molar-refractivity contribution in [3.05, 3.63) is 35.0 Å². The summed E-state index contributed by atoms with van der Waals surface area (Å²) in [6, 6.07) is 5.71. The summed E-state index contributed by atoms with van der Waals surface area (Å²) in [6.45, 7) is 3.83. The molecule has 1 aliphatic heterocycles. The van der Waals surface area contributed by atoms with Gasteiger partial charge < -0.3 is 15.3 Å². The van der Waals surface area contributed by atoms with Gasteiger partial charge in [0.15, 0.2) is 0 Å². The van der Waals surface area contributed by atoms with Crippen molar-refractivity contribution < 1.29 is 11.3 Å². The number of aromatic nitrogens is 1. The lowest BCUT2D eigenvalue weighted by Crippen LogP contribution is -2.53. The van der Waals surface area contributed by atoms with E-state index < -0.39 is 5.60 Å². The van der Waals surface area contributed by atoms with E-state index in [-0.39, 0.29) is 13.4 Å². The maximum Gasteiger partial charge on any atom is 0.253 e. The van der Waals surface area contributed by atoms with Crippen LogP contribution in [0.2, 0.25) is 5.02 Å². The minimum atomic E-state index is -0.652. The summed E-state index contributed by atoms with van der Waals surface area (Å²) >= 11 is 6.39. The number of benzene rings is 1. The Morgan fingerprint density at radius 1 is 1.42 bits per heavy atom. The molecule has 6 heteroatoms. The van der Waals surface area contributed by atoms with E-state index in [2.05, 4.69) is 15.2 Å². The van der Waals surface area contributed by atoms with Crippen LogP contribution >= 0.6 is 11.6 Å². The summed E-state index contributed by atoms with van der Waals surface area (Å²) in [5.41, 5.74) is 1.71. The molecule has 5 nitrogen and oxygen atoms in total. The molecule has 1 aromatic heterocycles. The number of anilines is 1. The third-order valence-corrected chi connectivity index (χ3v) is 5.22. The Balaban J connectivity index is 0.00000182. The van der Waals surface area contributed by atoms with Gasteiger partial charge in [-0.1, -0.05) is 11.6 Å². The van der Waals surface area contributed by atoms with Crippen molar-refractivity contribution in [2.24, 2.45) is 0 Å². The third-order valence-electron chi connectivity index (χ3n) is 4.92. The predicted octanol–water partition coefficient (Wildman–Crippen LogP) is 2.99. The van der Waals surface area contributed by atoms with E-state index in [0.717, 1.165) is 29.7 Å². The number of nitrogens with one attached hydrogen (secondary N) is 1. The van der Waals surface area contributed by atoms with Crippen LogP contribution in [0.15, 0.2) is 24.4 Å². The van der Waals surface area contributed by atoms with Crippen LogP contribution in [-0.4, -0.2) is 40.7 Å². The zero-order chi connectivity index (χ0) is 16.9. The largest absolute Gasteiger partial charge is 0.390 e. The fourth-order valence-electron chi connectivity index (χ4n) is 3.43. The number of carbonyl (C=O) groups is 1. The van der Waals surface area contributed by atoms with E-state index in [4.69, 9.17) is 11.6 Å². The Hall–Kier alpha value is -1.85. The van der Waals surface area contributed by atoms with Crippen molar-refractivity contribution in [3.63, 3.8) is 0 Å². The fraction of sp³-hybridized carbons (Fsp3) is 0.444. The molecule has 2 N–H and O–H groups in total. The average Bonchev–Trinajstić information content (AvgIpc) is 2.43. The Morgan fingerprint density at radius 3 is 2.79 bits per heavy atom. The summed E-state index contributed by atoms with van der Waals surface area (Å²) < 4.78 is 0. The SMILES string of the molecule is CC1(O)CC(NC(=O)c2cnc3cc(N4CCC4)c(Cl)cc3c2)C1.[HH]. The van der Waals surface area contributed by atoms with Crippen molar-refractivity contribution in [1.29, 1.82) is 0 Å². The number of aliphatic hydroxyl groups is 1. The standard InChI is InChI=1S/C18H20ClN3O2.H2/c1-18(24)8-13(9-18)21-17(23)12-5-11-6-14(19)16(22-3-2-4-22)7-15(11)20-10-12;/h5-7,10,13,24H,2-4,8-9H2,1H3,(H,21,23);1H. The molecule has 1 saturated carbocycles. The van der Waals surface area contributed by atoms with E-state index in [1.807, 2.05) is 18.2 Å². The predicted molar refractivity (Wildman–Crippen MR) is 96.8 cm³/mol. The van der Waals surface area contributed by atoms with Gasteiger partial charge in [-0.2, -0.15) is 0 Å². The quantitative estimate of drug-likeness (QED) is 0.895. The van der Waals surface area contributed by atoms with Crippen molar-refractivity contribution in [1.82, 2.24) is 10.3 Å². The van der Waals surface area contributed by atoms with Crippen molar-refractivity contribution in [3.8, 4) is 0 Å². The van der Waals surface area contributed by atoms with Gasteiger partial charge in [0.25, 0.3) is 5.91 Å². The van der Waals surface area contributed by atoms with E-state index >= 15 is 0 Å². The first-order valence-electron chi connectivity index (χ1n) is 8.29. The van der Waals surface area contributed by atoms with Crippen molar-refractivity contribution >= 4 is 34.1 Å².